The highest BCUT2D eigenvalue weighted by atomic mass is 32.2. The summed E-state index contributed by atoms with van der Waals surface area (Å²) in [6, 6.07) is 3.70. The molecule has 0 bridgehead atoms. The first-order valence-corrected chi connectivity index (χ1v) is 12.3. The van der Waals surface area contributed by atoms with Gasteiger partial charge < -0.3 is 9.80 Å². The molecule has 28 heavy (non-hydrogen) atoms. The molecule has 1 amide bonds. The average Bonchev–Trinajstić information content (AvgIpc) is 3.32. The molecule has 3 heterocycles. The van der Waals surface area contributed by atoms with E-state index < -0.39 is 16.1 Å². The lowest BCUT2D eigenvalue weighted by atomic mass is 10.1. The topological polar surface area (TPSA) is 73.8 Å². The highest BCUT2D eigenvalue weighted by molar-refractivity contribution is 7.88. The Hall–Kier alpha value is -1.71. The van der Waals surface area contributed by atoms with Gasteiger partial charge in [0.15, 0.2) is 5.13 Å². The maximum absolute atomic E-state index is 12.9. The van der Waals surface area contributed by atoms with E-state index in [1.54, 1.807) is 11.3 Å². The summed E-state index contributed by atoms with van der Waals surface area (Å²) in [6.07, 6.45) is 2.55. The summed E-state index contributed by atoms with van der Waals surface area (Å²) in [5, 5.41) is 0.998. The van der Waals surface area contributed by atoms with Gasteiger partial charge in [0, 0.05) is 32.7 Å². The number of amides is 1. The van der Waals surface area contributed by atoms with Crippen molar-refractivity contribution in [3.05, 3.63) is 23.3 Å². The van der Waals surface area contributed by atoms with Crippen LogP contribution in [0.4, 0.5) is 5.13 Å². The minimum absolute atomic E-state index is 0.0569. The molecule has 9 heteroatoms. The number of nitrogens with zero attached hydrogens (tertiary/aromatic N) is 4. The lowest BCUT2D eigenvalue weighted by Gasteiger charge is -2.36. The highest BCUT2D eigenvalue weighted by Gasteiger charge is 2.39. The van der Waals surface area contributed by atoms with Gasteiger partial charge >= 0.3 is 0 Å². The molecule has 1 unspecified atom stereocenters. The van der Waals surface area contributed by atoms with Gasteiger partial charge in [-0.05, 0) is 37.8 Å². The average molecular weight is 423 g/mol. The maximum atomic E-state index is 12.9. The van der Waals surface area contributed by atoms with Gasteiger partial charge in [-0.25, -0.2) is 13.4 Å². The maximum Gasteiger partial charge on any atom is 0.241 e. The van der Waals surface area contributed by atoms with Crippen molar-refractivity contribution in [3.63, 3.8) is 0 Å². The van der Waals surface area contributed by atoms with Crippen LogP contribution in [0, 0.1) is 13.8 Å². The van der Waals surface area contributed by atoms with Crippen molar-refractivity contribution in [2.45, 2.75) is 32.7 Å². The summed E-state index contributed by atoms with van der Waals surface area (Å²) < 4.78 is 26.5. The first-order chi connectivity index (χ1) is 13.3. The molecule has 2 aromatic rings. The zero-order valence-electron chi connectivity index (χ0n) is 16.5. The molecule has 2 aliphatic rings. The number of hydrogen-bond acceptors (Lipinski definition) is 6. The molecule has 1 atom stereocenters. The van der Waals surface area contributed by atoms with E-state index in [4.69, 9.17) is 4.98 Å². The molecule has 2 fully saturated rings. The van der Waals surface area contributed by atoms with E-state index >= 15 is 0 Å². The van der Waals surface area contributed by atoms with E-state index in [-0.39, 0.29) is 5.91 Å². The van der Waals surface area contributed by atoms with Crippen molar-refractivity contribution in [3.8, 4) is 0 Å². The van der Waals surface area contributed by atoms with E-state index in [0.717, 1.165) is 30.2 Å². The molecule has 0 aliphatic carbocycles. The number of aryl methyl sites for hydroxylation is 2. The molecule has 7 nitrogen and oxygen atoms in total. The zero-order chi connectivity index (χ0) is 20.1. The molecule has 1 aromatic heterocycles. The van der Waals surface area contributed by atoms with E-state index in [2.05, 4.69) is 30.9 Å². The molecule has 1 aromatic carbocycles. The smallest absolute Gasteiger partial charge is 0.241 e. The summed E-state index contributed by atoms with van der Waals surface area (Å²) in [4.78, 5) is 21.8. The fraction of sp³-hybridized carbons (Fsp3) is 0.579. The van der Waals surface area contributed by atoms with Crippen LogP contribution in [-0.4, -0.2) is 73.5 Å². The molecule has 2 aliphatic heterocycles. The Kier molecular flexibility index (Phi) is 5.09. The number of piperazine rings is 1. The van der Waals surface area contributed by atoms with Crippen LogP contribution in [0.5, 0.6) is 0 Å². The van der Waals surface area contributed by atoms with Crippen LogP contribution in [-0.2, 0) is 14.8 Å². The summed E-state index contributed by atoms with van der Waals surface area (Å²) in [5.41, 5.74) is 3.48. The van der Waals surface area contributed by atoms with Crippen LogP contribution in [0.3, 0.4) is 0 Å². The Labute approximate surface area is 170 Å². The zero-order valence-corrected chi connectivity index (χ0v) is 18.1. The summed E-state index contributed by atoms with van der Waals surface area (Å²) in [5.74, 6) is -0.0569. The number of carbonyl (C=O) groups excluding carboxylic acids is 1. The standard InChI is InChI=1S/C19H26N4O3S2/c1-13-6-7-14(2)17-16(13)20-19(27-17)22-11-9-21(10-12-22)18(24)15-5-4-8-23(15)28(3,25)26/h6-7,15H,4-5,8-12H2,1-3H3. The summed E-state index contributed by atoms with van der Waals surface area (Å²) in [6.45, 7) is 7.26. The lowest BCUT2D eigenvalue weighted by Crippen LogP contribution is -2.54. The van der Waals surface area contributed by atoms with Gasteiger partial charge in [0.2, 0.25) is 15.9 Å². The Bertz CT molecular complexity index is 971. The quantitative estimate of drug-likeness (QED) is 0.756. The second-order valence-electron chi connectivity index (χ2n) is 7.72. The number of rotatable bonds is 3. The Balaban J connectivity index is 1.46. The van der Waals surface area contributed by atoms with Crippen molar-refractivity contribution in [1.29, 1.82) is 0 Å². The Morgan fingerprint density at radius 1 is 1.11 bits per heavy atom. The summed E-state index contributed by atoms with van der Waals surface area (Å²) in [7, 11) is -3.35. The van der Waals surface area contributed by atoms with Crippen LogP contribution in [0.25, 0.3) is 10.2 Å². The number of carbonyl (C=O) groups is 1. The molecule has 0 saturated carbocycles. The van der Waals surface area contributed by atoms with Crippen molar-refractivity contribution >= 4 is 42.6 Å². The SMILES string of the molecule is Cc1ccc(C)c2sc(N3CCN(C(=O)C4CCCN4S(C)(=O)=O)CC3)nc12. The minimum Gasteiger partial charge on any atom is -0.345 e. The van der Waals surface area contributed by atoms with Gasteiger partial charge in [0.1, 0.15) is 6.04 Å². The monoisotopic (exact) mass is 422 g/mol. The van der Waals surface area contributed by atoms with Crippen LogP contribution in [0.1, 0.15) is 24.0 Å². The highest BCUT2D eigenvalue weighted by Crippen LogP contribution is 2.33. The first kappa shape index (κ1) is 19.6. The number of benzene rings is 1. The third kappa shape index (κ3) is 3.51. The van der Waals surface area contributed by atoms with Crippen LogP contribution >= 0.6 is 11.3 Å². The largest absolute Gasteiger partial charge is 0.345 e. The summed E-state index contributed by atoms with van der Waals surface area (Å²) >= 11 is 1.71. The number of hydrogen-bond donors (Lipinski definition) is 0. The molecule has 152 valence electrons. The molecule has 0 radical (unpaired) electrons. The Morgan fingerprint density at radius 2 is 1.79 bits per heavy atom. The van der Waals surface area contributed by atoms with Gasteiger partial charge in [0.25, 0.3) is 0 Å². The second kappa shape index (κ2) is 7.27. The fourth-order valence-corrected chi connectivity index (χ4v) is 6.38. The predicted octanol–water partition coefficient (Wildman–Crippen LogP) is 1.99. The normalized spacial score (nSPS) is 21.6. The molecule has 0 N–H and O–H groups in total. The van der Waals surface area contributed by atoms with Crippen molar-refractivity contribution in [1.82, 2.24) is 14.2 Å². The number of anilines is 1. The molecular formula is C19H26N4O3S2. The van der Waals surface area contributed by atoms with E-state index in [9.17, 15) is 13.2 Å². The van der Waals surface area contributed by atoms with E-state index in [1.165, 1.54) is 26.4 Å². The predicted molar refractivity (Wildman–Crippen MR) is 112 cm³/mol. The third-order valence-electron chi connectivity index (χ3n) is 5.71. The van der Waals surface area contributed by atoms with Crippen LogP contribution < -0.4 is 4.90 Å². The number of fused-ring (bicyclic) bond motifs is 1. The van der Waals surface area contributed by atoms with Gasteiger partial charge in [-0.2, -0.15) is 4.31 Å². The fourth-order valence-electron chi connectivity index (χ4n) is 4.10. The van der Waals surface area contributed by atoms with Crippen LogP contribution in [0.15, 0.2) is 12.1 Å². The number of sulfonamides is 1. The third-order valence-corrected chi connectivity index (χ3v) is 8.25. The van der Waals surface area contributed by atoms with E-state index in [1.807, 2.05) is 4.90 Å². The van der Waals surface area contributed by atoms with Crippen molar-refractivity contribution in [2.75, 3.05) is 43.9 Å². The first-order valence-electron chi connectivity index (χ1n) is 9.63. The van der Waals surface area contributed by atoms with Gasteiger partial charge in [-0.15, -0.1) is 0 Å². The second-order valence-corrected chi connectivity index (χ2v) is 10.6. The van der Waals surface area contributed by atoms with E-state index in [0.29, 0.717) is 26.1 Å². The molecule has 2 saturated heterocycles. The van der Waals surface area contributed by atoms with Gasteiger partial charge in [-0.1, -0.05) is 23.5 Å². The molecule has 4 rings (SSSR count). The van der Waals surface area contributed by atoms with Crippen molar-refractivity contribution < 1.29 is 13.2 Å². The van der Waals surface area contributed by atoms with Gasteiger partial charge in [-0.3, -0.25) is 4.79 Å². The Morgan fingerprint density at radius 3 is 2.43 bits per heavy atom. The number of aromatic nitrogens is 1. The van der Waals surface area contributed by atoms with Gasteiger partial charge in [0.05, 0.1) is 16.5 Å². The minimum atomic E-state index is -3.35. The number of thiazole rings is 1. The molecular weight excluding hydrogens is 396 g/mol. The lowest BCUT2D eigenvalue weighted by molar-refractivity contribution is -0.134. The van der Waals surface area contributed by atoms with Crippen LogP contribution in [0.2, 0.25) is 0 Å². The van der Waals surface area contributed by atoms with Crippen molar-refractivity contribution in [2.24, 2.45) is 0 Å². The molecule has 0 spiro atoms.